The fraction of sp³-hybridized carbons (Fsp3) is 0.462. The summed E-state index contributed by atoms with van der Waals surface area (Å²) in [6.07, 6.45) is -4.38. The van der Waals surface area contributed by atoms with Crippen LogP contribution in [0.25, 0.3) is 0 Å². The van der Waals surface area contributed by atoms with E-state index in [1.165, 1.54) is 12.1 Å². The molecule has 1 aromatic rings. The molecule has 0 amide bonds. The van der Waals surface area contributed by atoms with E-state index in [-0.39, 0.29) is 26.1 Å². The number of halogens is 3. The Labute approximate surface area is 123 Å². The summed E-state index contributed by atoms with van der Waals surface area (Å²) in [6.45, 7) is 4.89. The summed E-state index contributed by atoms with van der Waals surface area (Å²) < 4.78 is 42.3. The van der Waals surface area contributed by atoms with Crippen molar-refractivity contribution in [2.24, 2.45) is 5.41 Å². The average Bonchev–Trinajstić information content (AvgIpc) is 2.23. The average molecular weight is 326 g/mol. The maximum absolute atomic E-state index is 12.4. The van der Waals surface area contributed by atoms with E-state index < -0.39 is 23.1 Å². The van der Waals surface area contributed by atoms with Crippen LogP contribution in [-0.2, 0) is 41.8 Å². The Hall–Kier alpha value is -0.897. The van der Waals surface area contributed by atoms with Gasteiger partial charge in [-0.25, -0.2) is 0 Å². The van der Waals surface area contributed by atoms with E-state index >= 15 is 0 Å². The van der Waals surface area contributed by atoms with E-state index in [0.29, 0.717) is 5.56 Å². The normalized spacial score (nSPS) is 11.7. The standard InChI is InChI=1S/C13H15F3O2.Zn/c1-12(2,3)11(17)18-8-9-5-4-6-10(7-9)13(14,15)16;/h4-7H,8H2,1-3H3;. The molecular weight excluding hydrogens is 311 g/mol. The molecule has 102 valence electrons. The Morgan fingerprint density at radius 3 is 2.26 bits per heavy atom. The number of alkyl halides is 3. The van der Waals surface area contributed by atoms with Crippen LogP contribution >= 0.6 is 0 Å². The van der Waals surface area contributed by atoms with Gasteiger partial charge in [-0.05, 0) is 38.5 Å². The van der Waals surface area contributed by atoms with Gasteiger partial charge in [0.15, 0.2) is 0 Å². The molecule has 0 aliphatic rings. The van der Waals surface area contributed by atoms with Crippen molar-refractivity contribution in [2.75, 3.05) is 0 Å². The third-order valence-electron chi connectivity index (χ3n) is 2.24. The van der Waals surface area contributed by atoms with Crippen molar-refractivity contribution >= 4 is 5.97 Å². The van der Waals surface area contributed by atoms with Crippen molar-refractivity contribution in [3.05, 3.63) is 35.4 Å². The van der Waals surface area contributed by atoms with Crippen LogP contribution in [0.5, 0.6) is 0 Å². The minimum Gasteiger partial charge on any atom is -0.460 e. The van der Waals surface area contributed by atoms with E-state index in [9.17, 15) is 18.0 Å². The van der Waals surface area contributed by atoms with Gasteiger partial charge in [0.2, 0.25) is 0 Å². The summed E-state index contributed by atoms with van der Waals surface area (Å²) in [5.74, 6) is -0.445. The van der Waals surface area contributed by atoms with Crippen molar-refractivity contribution in [1.82, 2.24) is 0 Å². The number of rotatable bonds is 2. The van der Waals surface area contributed by atoms with Gasteiger partial charge >= 0.3 is 12.1 Å². The largest absolute Gasteiger partial charge is 0.460 e. The van der Waals surface area contributed by atoms with Crippen molar-refractivity contribution in [1.29, 1.82) is 0 Å². The van der Waals surface area contributed by atoms with E-state index in [2.05, 4.69) is 0 Å². The molecule has 0 N–H and O–H groups in total. The molecule has 0 saturated heterocycles. The fourth-order valence-corrected chi connectivity index (χ4v) is 1.20. The Morgan fingerprint density at radius 1 is 1.21 bits per heavy atom. The maximum Gasteiger partial charge on any atom is 0.416 e. The van der Waals surface area contributed by atoms with Crippen LogP contribution in [0.3, 0.4) is 0 Å². The van der Waals surface area contributed by atoms with Crippen LogP contribution in [0, 0.1) is 5.41 Å². The quantitative estimate of drug-likeness (QED) is 0.611. The van der Waals surface area contributed by atoms with Gasteiger partial charge in [-0.3, -0.25) is 4.79 Å². The predicted octanol–water partition coefficient (Wildman–Crippen LogP) is 3.79. The van der Waals surface area contributed by atoms with Crippen LogP contribution in [0.4, 0.5) is 13.2 Å². The zero-order valence-electron chi connectivity index (χ0n) is 11.2. The van der Waals surface area contributed by atoms with Crippen molar-refractivity contribution in [3.63, 3.8) is 0 Å². The molecule has 0 bridgehead atoms. The SMILES string of the molecule is CC(C)(C)C(=O)OCc1cccc(C(F)(F)F)c1.[Zn]. The molecule has 0 fully saturated rings. The van der Waals surface area contributed by atoms with E-state index in [1.807, 2.05) is 0 Å². The Balaban J connectivity index is 0.00000324. The molecule has 1 aromatic carbocycles. The molecule has 0 atom stereocenters. The second-order valence-electron chi connectivity index (χ2n) is 5.02. The molecule has 1 rings (SSSR count). The number of carbonyl (C=O) groups excluding carboxylic acids is 1. The first-order chi connectivity index (χ1) is 8.10. The Kier molecular flexibility index (Phi) is 6.20. The van der Waals surface area contributed by atoms with Crippen molar-refractivity contribution in [3.8, 4) is 0 Å². The van der Waals surface area contributed by atoms with Gasteiger partial charge in [0, 0.05) is 19.5 Å². The maximum atomic E-state index is 12.4. The van der Waals surface area contributed by atoms with Gasteiger partial charge in [-0.2, -0.15) is 13.2 Å². The third kappa shape index (κ3) is 5.73. The van der Waals surface area contributed by atoms with Crippen LogP contribution in [0.15, 0.2) is 24.3 Å². The van der Waals surface area contributed by atoms with Gasteiger partial charge in [-0.1, -0.05) is 12.1 Å². The Morgan fingerprint density at radius 2 is 1.79 bits per heavy atom. The molecule has 6 heteroatoms. The van der Waals surface area contributed by atoms with Gasteiger partial charge in [0.05, 0.1) is 11.0 Å². The number of carbonyl (C=O) groups is 1. The minimum absolute atomic E-state index is 0. The molecule has 0 unspecified atom stereocenters. The molecule has 0 spiro atoms. The van der Waals surface area contributed by atoms with Gasteiger partial charge in [-0.15, -0.1) is 0 Å². The number of esters is 1. The van der Waals surface area contributed by atoms with Gasteiger partial charge < -0.3 is 4.74 Å². The number of ether oxygens (including phenoxy) is 1. The summed E-state index contributed by atoms with van der Waals surface area (Å²) >= 11 is 0. The molecule has 2 nitrogen and oxygen atoms in total. The molecular formula is C13H15F3O2Zn. The van der Waals surface area contributed by atoms with Crippen LogP contribution in [0.1, 0.15) is 31.9 Å². The first-order valence-electron chi connectivity index (χ1n) is 5.44. The molecule has 0 aliphatic carbocycles. The van der Waals surface area contributed by atoms with E-state index in [4.69, 9.17) is 4.74 Å². The summed E-state index contributed by atoms with van der Waals surface area (Å²) in [5.41, 5.74) is -1.09. The van der Waals surface area contributed by atoms with Crippen LogP contribution in [0.2, 0.25) is 0 Å². The zero-order chi connectivity index (χ0) is 14.0. The first kappa shape index (κ1) is 18.1. The zero-order valence-corrected chi connectivity index (χ0v) is 14.1. The Bertz CT molecular complexity index is 436. The molecule has 0 heterocycles. The van der Waals surface area contributed by atoms with Crippen molar-refractivity contribution in [2.45, 2.75) is 33.6 Å². The monoisotopic (exact) mass is 324 g/mol. The second kappa shape index (κ2) is 6.51. The van der Waals surface area contributed by atoms with Crippen molar-refractivity contribution < 1.29 is 42.2 Å². The topological polar surface area (TPSA) is 26.3 Å². The first-order valence-corrected chi connectivity index (χ1v) is 5.44. The summed E-state index contributed by atoms with van der Waals surface area (Å²) in [5, 5.41) is 0. The molecule has 0 saturated carbocycles. The number of benzene rings is 1. The van der Waals surface area contributed by atoms with Crippen LogP contribution in [-0.4, -0.2) is 5.97 Å². The molecule has 0 radical (unpaired) electrons. The van der Waals surface area contributed by atoms with Crippen LogP contribution < -0.4 is 0 Å². The third-order valence-corrected chi connectivity index (χ3v) is 2.24. The van der Waals surface area contributed by atoms with E-state index in [0.717, 1.165) is 12.1 Å². The minimum atomic E-state index is -4.38. The smallest absolute Gasteiger partial charge is 0.416 e. The van der Waals surface area contributed by atoms with E-state index in [1.54, 1.807) is 20.8 Å². The van der Waals surface area contributed by atoms with Gasteiger partial charge in [0.25, 0.3) is 0 Å². The fourth-order valence-electron chi connectivity index (χ4n) is 1.20. The summed E-state index contributed by atoms with van der Waals surface area (Å²) in [4.78, 5) is 11.5. The number of hydrogen-bond acceptors (Lipinski definition) is 2. The molecule has 0 aromatic heterocycles. The second-order valence-corrected chi connectivity index (χ2v) is 5.02. The summed E-state index contributed by atoms with van der Waals surface area (Å²) in [7, 11) is 0. The molecule has 0 aliphatic heterocycles. The number of hydrogen-bond donors (Lipinski definition) is 0. The predicted molar refractivity (Wildman–Crippen MR) is 60.7 cm³/mol. The van der Waals surface area contributed by atoms with Gasteiger partial charge in [0.1, 0.15) is 6.61 Å². The molecule has 19 heavy (non-hydrogen) atoms. The summed E-state index contributed by atoms with van der Waals surface area (Å²) in [6, 6.07) is 4.75.